The van der Waals surface area contributed by atoms with E-state index in [0.29, 0.717) is 0 Å². The van der Waals surface area contributed by atoms with Gasteiger partial charge < -0.3 is 29.8 Å². The molecule has 2 aromatic rings. The van der Waals surface area contributed by atoms with Crippen LogP contribution in [0.2, 0.25) is 0 Å². The highest BCUT2D eigenvalue weighted by atomic mass is 19.4. The van der Waals surface area contributed by atoms with E-state index in [2.05, 4.69) is 4.74 Å². The maximum Gasteiger partial charge on any atom is 0.511 e. The van der Waals surface area contributed by atoms with E-state index in [4.69, 9.17) is 15.6 Å². The first-order valence-electron chi connectivity index (χ1n) is 9.94. The Morgan fingerprint density at radius 2 is 2.00 bits per heavy atom. The van der Waals surface area contributed by atoms with Gasteiger partial charge in [0, 0.05) is 25.0 Å². The Hall–Kier alpha value is -3.02. The number of methoxy groups -OCH3 is 1. The van der Waals surface area contributed by atoms with Crippen molar-refractivity contribution >= 4 is 22.7 Å². The molecule has 3 N–H and O–H groups in total. The van der Waals surface area contributed by atoms with Crippen LogP contribution in [0.3, 0.4) is 0 Å². The lowest BCUT2D eigenvalue weighted by molar-refractivity contribution is -0.178. The summed E-state index contributed by atoms with van der Waals surface area (Å²) in [6.45, 7) is -0.855. The minimum absolute atomic E-state index is 0.0931. The summed E-state index contributed by atoms with van der Waals surface area (Å²) in [5.41, 5.74) is 4.67. The quantitative estimate of drug-likeness (QED) is 0.523. The number of hydrogen-bond acceptors (Lipinski definition) is 6. The van der Waals surface area contributed by atoms with Gasteiger partial charge in [-0.2, -0.15) is 13.2 Å². The first kappa shape index (κ1) is 22.2. The zero-order valence-corrected chi connectivity index (χ0v) is 17.0. The molecule has 2 heterocycles. The predicted molar refractivity (Wildman–Crippen MR) is 106 cm³/mol. The smallest absolute Gasteiger partial charge is 0.492 e. The number of benzene rings is 1. The fourth-order valence-electron chi connectivity index (χ4n) is 4.38. The summed E-state index contributed by atoms with van der Waals surface area (Å²) in [4.78, 5) is 25.0. The molecule has 1 aromatic carbocycles. The second kappa shape index (κ2) is 7.84. The first-order valence-corrected chi connectivity index (χ1v) is 9.94. The van der Waals surface area contributed by atoms with E-state index in [9.17, 15) is 22.8 Å². The number of carboxylic acid groups (broad SMARTS) is 1. The number of aromatic nitrogens is 1. The number of nitrogens with zero attached hydrogens (tertiary/aromatic N) is 2. The largest absolute Gasteiger partial charge is 0.511 e. The molecular weight excluding hydrogens is 438 g/mol. The minimum Gasteiger partial charge on any atom is -0.492 e. The van der Waals surface area contributed by atoms with Gasteiger partial charge in [0.05, 0.1) is 30.1 Å². The van der Waals surface area contributed by atoms with Gasteiger partial charge >= 0.3 is 12.3 Å². The van der Waals surface area contributed by atoms with Gasteiger partial charge in [-0.3, -0.25) is 4.79 Å². The van der Waals surface area contributed by atoms with Crippen molar-refractivity contribution in [2.45, 2.75) is 25.1 Å². The third-order valence-corrected chi connectivity index (χ3v) is 5.99. The number of rotatable bonds is 5. The number of halogens is 4. The van der Waals surface area contributed by atoms with E-state index in [-0.39, 0.29) is 41.5 Å². The van der Waals surface area contributed by atoms with Crippen molar-refractivity contribution in [3.8, 4) is 11.5 Å². The summed E-state index contributed by atoms with van der Waals surface area (Å²) in [6.07, 6.45) is -3.55. The summed E-state index contributed by atoms with van der Waals surface area (Å²) >= 11 is 0. The number of pyridine rings is 1. The highest BCUT2D eigenvalue weighted by Crippen LogP contribution is 2.47. The monoisotopic (exact) mass is 459 g/mol. The Morgan fingerprint density at radius 3 is 2.50 bits per heavy atom. The Balaban J connectivity index is 1.92. The molecule has 1 saturated heterocycles. The zero-order chi connectivity index (χ0) is 23.4. The van der Waals surface area contributed by atoms with Crippen LogP contribution in [0.4, 0.5) is 28.0 Å². The van der Waals surface area contributed by atoms with E-state index >= 15 is 4.39 Å². The normalized spacial score (nSPS) is 21.2. The second-order valence-corrected chi connectivity index (χ2v) is 8.01. The van der Waals surface area contributed by atoms with Crippen LogP contribution in [-0.4, -0.2) is 48.7 Å². The summed E-state index contributed by atoms with van der Waals surface area (Å²) < 4.78 is 67.3. The topological polar surface area (TPSA) is 107 Å². The van der Waals surface area contributed by atoms with Crippen LogP contribution in [0.1, 0.15) is 18.9 Å². The SMILES string of the molecule is COc1c(N2C[C@H](CN)[C@H](C(F)(F)F)C2)c(F)cc2c(=O)c(OC(=O)O)cn(C3CC3)c12. The van der Waals surface area contributed by atoms with Crippen LogP contribution in [0.15, 0.2) is 17.1 Å². The van der Waals surface area contributed by atoms with Gasteiger partial charge in [-0.1, -0.05) is 0 Å². The summed E-state index contributed by atoms with van der Waals surface area (Å²) in [5.74, 6) is -4.20. The third-order valence-electron chi connectivity index (χ3n) is 5.99. The van der Waals surface area contributed by atoms with Crippen molar-refractivity contribution in [3.05, 3.63) is 28.3 Å². The molecule has 1 saturated carbocycles. The van der Waals surface area contributed by atoms with Gasteiger partial charge in [0.15, 0.2) is 17.3 Å². The minimum atomic E-state index is -4.50. The molecule has 8 nitrogen and oxygen atoms in total. The van der Waals surface area contributed by atoms with Crippen molar-refractivity contribution in [2.75, 3.05) is 31.6 Å². The van der Waals surface area contributed by atoms with Crippen LogP contribution in [0.25, 0.3) is 10.9 Å². The van der Waals surface area contributed by atoms with E-state index in [1.807, 2.05) is 0 Å². The molecule has 2 aliphatic rings. The van der Waals surface area contributed by atoms with Crippen molar-refractivity contribution in [2.24, 2.45) is 17.6 Å². The zero-order valence-electron chi connectivity index (χ0n) is 17.0. The number of hydrogen-bond donors (Lipinski definition) is 2. The molecule has 1 aliphatic heterocycles. The van der Waals surface area contributed by atoms with Crippen LogP contribution in [-0.2, 0) is 0 Å². The lowest BCUT2D eigenvalue weighted by Gasteiger charge is -2.25. The number of nitrogens with two attached hydrogens (primary N) is 1. The molecule has 0 amide bonds. The number of carbonyl (C=O) groups is 1. The van der Waals surface area contributed by atoms with Gasteiger partial charge in [-0.15, -0.1) is 0 Å². The summed E-state index contributed by atoms with van der Waals surface area (Å²) in [6, 6.07) is 0.779. The maximum atomic E-state index is 15.3. The Bertz CT molecular complexity index is 1130. The maximum absolute atomic E-state index is 15.3. The molecule has 0 bridgehead atoms. The standard InChI is InChI=1S/C20H21F4N3O5/c1-31-18-15-11(17(28)14(32-19(29)30)8-27(15)10-2-3-10)4-13(21)16(18)26-6-9(5-25)12(7-26)20(22,23)24/h4,8-10,12H,2-3,5-7,25H2,1H3,(H,29,30)/t9-,12+/m0/s1. The predicted octanol–water partition coefficient (Wildman–Crippen LogP) is 3.11. The third kappa shape index (κ3) is 3.72. The second-order valence-electron chi connectivity index (χ2n) is 8.01. The molecule has 2 fully saturated rings. The van der Waals surface area contributed by atoms with Gasteiger partial charge in [-0.05, 0) is 25.5 Å². The molecule has 0 unspecified atom stereocenters. The van der Waals surface area contributed by atoms with E-state index < -0.39 is 47.7 Å². The van der Waals surface area contributed by atoms with Crippen LogP contribution in [0.5, 0.6) is 11.5 Å². The molecule has 32 heavy (non-hydrogen) atoms. The number of anilines is 1. The fraction of sp³-hybridized carbons (Fsp3) is 0.500. The lowest BCUT2D eigenvalue weighted by Crippen LogP contribution is -2.33. The van der Waals surface area contributed by atoms with Gasteiger partial charge in [0.1, 0.15) is 5.69 Å². The van der Waals surface area contributed by atoms with Gasteiger partial charge in [0.25, 0.3) is 0 Å². The van der Waals surface area contributed by atoms with E-state index in [0.717, 1.165) is 18.9 Å². The van der Waals surface area contributed by atoms with Gasteiger partial charge in [0.2, 0.25) is 5.43 Å². The van der Waals surface area contributed by atoms with Crippen molar-refractivity contribution in [1.29, 1.82) is 0 Å². The number of fused-ring (bicyclic) bond motifs is 1. The molecule has 1 aromatic heterocycles. The molecular formula is C20H21F4N3O5. The molecule has 0 radical (unpaired) electrons. The van der Waals surface area contributed by atoms with Crippen molar-refractivity contribution in [3.63, 3.8) is 0 Å². The van der Waals surface area contributed by atoms with Crippen molar-refractivity contribution < 1.29 is 36.9 Å². The Kier molecular flexibility index (Phi) is 5.43. The molecule has 2 atom stereocenters. The van der Waals surface area contributed by atoms with Crippen molar-refractivity contribution in [1.82, 2.24) is 4.57 Å². The van der Waals surface area contributed by atoms with E-state index in [1.54, 1.807) is 4.57 Å². The Labute approximate surface area is 179 Å². The van der Waals surface area contributed by atoms with Gasteiger partial charge in [-0.25, -0.2) is 9.18 Å². The number of ether oxygens (including phenoxy) is 2. The molecule has 0 spiro atoms. The average Bonchev–Trinajstić information content (AvgIpc) is 3.46. The highest BCUT2D eigenvalue weighted by molar-refractivity contribution is 5.92. The lowest BCUT2D eigenvalue weighted by atomic mass is 9.96. The molecule has 12 heteroatoms. The summed E-state index contributed by atoms with van der Waals surface area (Å²) in [5, 5.41) is 8.73. The highest BCUT2D eigenvalue weighted by Gasteiger charge is 2.50. The van der Waals surface area contributed by atoms with Crippen LogP contribution in [0, 0.1) is 17.7 Å². The average molecular weight is 459 g/mol. The molecule has 4 rings (SSSR count). The van der Waals surface area contributed by atoms with Crippen LogP contribution < -0.4 is 25.5 Å². The molecule has 1 aliphatic carbocycles. The Morgan fingerprint density at radius 1 is 1.31 bits per heavy atom. The first-order chi connectivity index (χ1) is 15.1. The summed E-state index contributed by atoms with van der Waals surface area (Å²) in [7, 11) is 1.23. The fourth-order valence-corrected chi connectivity index (χ4v) is 4.38. The molecule has 174 valence electrons. The number of alkyl halides is 3. The van der Waals surface area contributed by atoms with Crippen LogP contribution >= 0.6 is 0 Å². The van der Waals surface area contributed by atoms with E-state index in [1.165, 1.54) is 18.2 Å².